The van der Waals surface area contributed by atoms with E-state index in [1.54, 1.807) is 0 Å². The van der Waals surface area contributed by atoms with Crippen molar-refractivity contribution >= 4 is 16.8 Å². The minimum Gasteiger partial charge on any atom is -0.351 e. The Morgan fingerprint density at radius 2 is 1.77 bits per heavy atom. The van der Waals surface area contributed by atoms with Crippen molar-refractivity contribution < 1.29 is 26.7 Å². The number of alkyl halides is 4. The quantitative estimate of drug-likeness (QED) is 0.643. The third kappa shape index (κ3) is 3.84. The van der Waals surface area contributed by atoms with Crippen LogP contribution < -0.4 is 5.32 Å². The first-order valence-corrected chi connectivity index (χ1v) is 7.59. The van der Waals surface area contributed by atoms with Crippen molar-refractivity contribution in [1.82, 2.24) is 10.3 Å². The van der Waals surface area contributed by atoms with Crippen LogP contribution in [-0.4, -0.2) is 10.9 Å². The van der Waals surface area contributed by atoms with E-state index in [1.165, 1.54) is 30.3 Å². The van der Waals surface area contributed by atoms with Gasteiger partial charge in [-0.15, -0.1) is 0 Å². The Morgan fingerprint density at radius 3 is 2.46 bits per heavy atom. The van der Waals surface area contributed by atoms with Gasteiger partial charge in [-0.3, -0.25) is 4.79 Å². The monoisotopic (exact) mass is 368 g/mol. The topological polar surface area (TPSA) is 44.9 Å². The van der Waals surface area contributed by atoms with Crippen molar-refractivity contribution in [2.75, 3.05) is 0 Å². The van der Waals surface area contributed by atoms with Crippen LogP contribution in [0.3, 0.4) is 0 Å². The molecule has 1 heterocycles. The highest BCUT2D eigenvalue weighted by atomic mass is 19.4. The number of hydrogen-bond donors (Lipinski definition) is 2. The van der Waals surface area contributed by atoms with Crippen LogP contribution in [0.25, 0.3) is 10.9 Å². The Bertz CT molecular complexity index is 962. The summed E-state index contributed by atoms with van der Waals surface area (Å²) in [5, 5.41) is 2.96. The maximum Gasteiger partial charge on any atom is 0.416 e. The number of benzene rings is 2. The molecule has 0 bridgehead atoms. The molecule has 1 amide bonds. The summed E-state index contributed by atoms with van der Waals surface area (Å²) < 4.78 is 64.5. The summed E-state index contributed by atoms with van der Waals surface area (Å²) in [6, 6.07) is 8.26. The molecule has 26 heavy (non-hydrogen) atoms. The number of H-pyrrole nitrogens is 1. The first-order chi connectivity index (χ1) is 12.3. The molecule has 1 aromatic heterocycles. The van der Waals surface area contributed by atoms with Crippen LogP contribution in [0, 0.1) is 5.82 Å². The van der Waals surface area contributed by atoms with Crippen molar-refractivity contribution in [2.24, 2.45) is 0 Å². The minimum absolute atomic E-state index is 0.120. The predicted octanol–water partition coefficient (Wildman–Crippen LogP) is 4.73. The largest absolute Gasteiger partial charge is 0.416 e. The molecule has 0 aliphatic heterocycles. The molecule has 0 unspecified atom stereocenters. The Kier molecular flexibility index (Phi) is 4.67. The average molecular weight is 368 g/mol. The molecule has 0 fully saturated rings. The summed E-state index contributed by atoms with van der Waals surface area (Å²) in [6.45, 7) is -1.25. The van der Waals surface area contributed by atoms with Crippen molar-refractivity contribution in [1.29, 1.82) is 0 Å². The third-order valence-electron chi connectivity index (χ3n) is 3.81. The summed E-state index contributed by atoms with van der Waals surface area (Å²) in [4.78, 5) is 15.0. The van der Waals surface area contributed by atoms with Crippen molar-refractivity contribution in [3.05, 3.63) is 70.7 Å². The Hall–Kier alpha value is -2.90. The van der Waals surface area contributed by atoms with Gasteiger partial charge in [-0.05, 0) is 47.5 Å². The molecular weight excluding hydrogens is 355 g/mol. The SMILES string of the molecule is O=C(NCc1cc(CF)cc(C(F)(F)F)c1)c1cc2cc(F)ccc2[nH]1. The van der Waals surface area contributed by atoms with E-state index < -0.39 is 30.1 Å². The van der Waals surface area contributed by atoms with Gasteiger partial charge in [0.25, 0.3) is 5.91 Å². The zero-order valence-corrected chi connectivity index (χ0v) is 13.3. The zero-order valence-electron chi connectivity index (χ0n) is 13.3. The molecule has 3 nitrogen and oxygen atoms in total. The lowest BCUT2D eigenvalue weighted by Gasteiger charge is -2.11. The van der Waals surface area contributed by atoms with Gasteiger partial charge in [-0.1, -0.05) is 6.07 Å². The molecule has 0 radical (unpaired) electrons. The van der Waals surface area contributed by atoms with E-state index in [0.29, 0.717) is 10.9 Å². The number of amides is 1. The van der Waals surface area contributed by atoms with Gasteiger partial charge in [0.15, 0.2) is 0 Å². The molecular formula is C18H13F5N2O. The minimum atomic E-state index is -4.61. The van der Waals surface area contributed by atoms with Gasteiger partial charge >= 0.3 is 6.18 Å². The summed E-state index contributed by atoms with van der Waals surface area (Å²) >= 11 is 0. The van der Waals surface area contributed by atoms with Gasteiger partial charge in [0, 0.05) is 17.4 Å². The van der Waals surface area contributed by atoms with Crippen LogP contribution in [0.2, 0.25) is 0 Å². The van der Waals surface area contributed by atoms with Gasteiger partial charge in [0.1, 0.15) is 18.2 Å². The molecule has 0 spiro atoms. The number of halogens is 5. The number of carbonyl (C=O) groups is 1. The molecule has 0 aliphatic carbocycles. The standard InChI is InChI=1S/C18H13F5N2O/c19-8-10-3-11(5-13(4-10)18(21,22)23)9-24-17(26)16-7-12-6-14(20)1-2-15(12)25-16/h1-7,25H,8-9H2,(H,24,26). The lowest BCUT2D eigenvalue weighted by atomic mass is 10.1. The Balaban J connectivity index is 1.78. The molecule has 0 atom stereocenters. The number of aromatic nitrogens is 1. The van der Waals surface area contributed by atoms with Crippen LogP contribution in [0.4, 0.5) is 22.0 Å². The second kappa shape index (κ2) is 6.78. The molecule has 2 aromatic carbocycles. The van der Waals surface area contributed by atoms with Crippen molar-refractivity contribution in [2.45, 2.75) is 19.4 Å². The van der Waals surface area contributed by atoms with E-state index >= 15 is 0 Å². The number of rotatable bonds is 4. The predicted molar refractivity (Wildman–Crippen MR) is 85.7 cm³/mol. The maximum absolute atomic E-state index is 13.2. The summed E-state index contributed by atoms with van der Waals surface area (Å²) in [5.74, 6) is -1.02. The van der Waals surface area contributed by atoms with Crippen molar-refractivity contribution in [3.8, 4) is 0 Å². The van der Waals surface area contributed by atoms with E-state index in [-0.39, 0.29) is 23.4 Å². The van der Waals surface area contributed by atoms with E-state index in [0.717, 1.165) is 12.1 Å². The molecule has 136 valence electrons. The second-order valence-corrected chi connectivity index (χ2v) is 5.77. The smallest absolute Gasteiger partial charge is 0.351 e. The highest BCUT2D eigenvalue weighted by molar-refractivity contribution is 5.97. The number of aromatic amines is 1. The van der Waals surface area contributed by atoms with Gasteiger partial charge in [0.05, 0.1) is 5.56 Å². The Labute approximate surface area is 144 Å². The van der Waals surface area contributed by atoms with Crippen molar-refractivity contribution in [3.63, 3.8) is 0 Å². The van der Waals surface area contributed by atoms with E-state index in [4.69, 9.17) is 0 Å². The van der Waals surface area contributed by atoms with Gasteiger partial charge in [-0.25, -0.2) is 8.78 Å². The lowest BCUT2D eigenvalue weighted by Crippen LogP contribution is -2.23. The molecule has 0 saturated carbocycles. The lowest BCUT2D eigenvalue weighted by molar-refractivity contribution is -0.137. The molecule has 2 N–H and O–H groups in total. The van der Waals surface area contributed by atoms with E-state index in [2.05, 4.69) is 10.3 Å². The highest BCUT2D eigenvalue weighted by Crippen LogP contribution is 2.31. The van der Waals surface area contributed by atoms with Crippen LogP contribution >= 0.6 is 0 Å². The number of nitrogens with one attached hydrogen (secondary N) is 2. The van der Waals surface area contributed by atoms with E-state index in [9.17, 15) is 26.7 Å². The average Bonchev–Trinajstić information content (AvgIpc) is 3.01. The fourth-order valence-electron chi connectivity index (χ4n) is 2.61. The number of hydrogen-bond acceptors (Lipinski definition) is 1. The number of fused-ring (bicyclic) bond motifs is 1. The molecule has 8 heteroatoms. The fraction of sp³-hybridized carbons (Fsp3) is 0.167. The molecule has 0 aliphatic rings. The summed E-state index contributed by atoms with van der Waals surface area (Å²) in [6.07, 6.45) is -4.61. The van der Waals surface area contributed by atoms with Gasteiger partial charge in [0.2, 0.25) is 0 Å². The van der Waals surface area contributed by atoms with Crippen LogP contribution in [0.5, 0.6) is 0 Å². The number of carbonyl (C=O) groups excluding carboxylic acids is 1. The molecule has 3 aromatic rings. The van der Waals surface area contributed by atoms with Crippen LogP contribution in [-0.2, 0) is 19.4 Å². The van der Waals surface area contributed by atoms with Gasteiger partial charge < -0.3 is 10.3 Å². The molecule has 0 saturated heterocycles. The molecule has 3 rings (SSSR count). The normalized spacial score (nSPS) is 11.7. The Morgan fingerprint density at radius 1 is 1.04 bits per heavy atom. The maximum atomic E-state index is 13.2. The van der Waals surface area contributed by atoms with E-state index in [1.807, 2.05) is 0 Å². The van der Waals surface area contributed by atoms with Crippen LogP contribution in [0.1, 0.15) is 27.2 Å². The zero-order chi connectivity index (χ0) is 18.9. The first-order valence-electron chi connectivity index (χ1n) is 7.59. The van der Waals surface area contributed by atoms with Gasteiger partial charge in [-0.2, -0.15) is 13.2 Å². The summed E-state index contributed by atoms with van der Waals surface area (Å²) in [7, 11) is 0. The third-order valence-corrected chi connectivity index (χ3v) is 3.81. The highest BCUT2D eigenvalue weighted by Gasteiger charge is 2.31. The fourth-order valence-corrected chi connectivity index (χ4v) is 2.61. The second-order valence-electron chi connectivity index (χ2n) is 5.77. The summed E-state index contributed by atoms with van der Waals surface area (Å²) in [5.41, 5.74) is -0.273. The first kappa shape index (κ1) is 17.9. The van der Waals surface area contributed by atoms with Crippen LogP contribution in [0.15, 0.2) is 42.5 Å².